The molecule has 3 saturated heterocycles. The molecule has 4 heterocycles. The molecule has 2 atom stereocenters. The van der Waals surface area contributed by atoms with Crippen molar-refractivity contribution in [2.45, 2.75) is 128 Å². The van der Waals surface area contributed by atoms with Crippen LogP contribution in [0, 0.1) is 5.92 Å². The molecule has 0 bridgehead atoms. The molecule has 224 valence electrons. The Morgan fingerprint density at radius 2 is 1.62 bits per heavy atom. The van der Waals surface area contributed by atoms with Crippen molar-refractivity contribution in [3.8, 4) is 0 Å². The number of rotatable bonds is 9. The van der Waals surface area contributed by atoms with E-state index in [0.717, 1.165) is 70.2 Å². The quantitative estimate of drug-likeness (QED) is 0.443. The summed E-state index contributed by atoms with van der Waals surface area (Å²) in [5, 5.41) is 7.16. The van der Waals surface area contributed by atoms with Gasteiger partial charge in [0.05, 0.1) is 0 Å². The van der Waals surface area contributed by atoms with Crippen LogP contribution in [0.4, 0.5) is 11.8 Å². The topological polar surface area (TPSA) is 76.6 Å². The zero-order chi connectivity index (χ0) is 27.7. The van der Waals surface area contributed by atoms with E-state index in [0.29, 0.717) is 24.2 Å². The van der Waals surface area contributed by atoms with Crippen LogP contribution in [0.25, 0.3) is 0 Å². The molecule has 1 aliphatic carbocycles. The summed E-state index contributed by atoms with van der Waals surface area (Å²) in [5.41, 5.74) is 0. The lowest BCUT2D eigenvalue weighted by Crippen LogP contribution is -2.56. The van der Waals surface area contributed by atoms with Gasteiger partial charge in [-0.2, -0.15) is 4.98 Å². The lowest BCUT2D eigenvalue weighted by Gasteiger charge is -2.47. The standard InChI is InChI=1S/C32H55N7O/c1-25(2)37-23-16-26(17-24-37)31(40)33-18-14-29-28(13-10-22-39(29)27-11-6-5-7-12-27)35-32-34-19-15-30(36-32)38-20-8-3-4-9-21-38/h15,19,25-29H,3-14,16-18,20-24H2,1-2H3,(H,33,40)(H,34,35,36). The summed E-state index contributed by atoms with van der Waals surface area (Å²) in [6.07, 6.45) is 19.0. The van der Waals surface area contributed by atoms with Crippen molar-refractivity contribution < 1.29 is 4.79 Å². The molecule has 1 aromatic rings. The first-order valence-electron chi connectivity index (χ1n) is 16.7. The first kappa shape index (κ1) is 29.6. The first-order chi connectivity index (χ1) is 19.6. The first-order valence-corrected chi connectivity index (χ1v) is 16.7. The highest BCUT2D eigenvalue weighted by Crippen LogP contribution is 2.31. The highest BCUT2D eigenvalue weighted by Gasteiger charge is 2.36. The van der Waals surface area contributed by atoms with E-state index in [4.69, 9.17) is 4.98 Å². The molecule has 8 heteroatoms. The van der Waals surface area contributed by atoms with Gasteiger partial charge < -0.3 is 20.4 Å². The summed E-state index contributed by atoms with van der Waals surface area (Å²) in [6.45, 7) is 10.7. The second kappa shape index (κ2) is 14.8. The molecule has 1 aromatic heterocycles. The SMILES string of the molecule is CC(C)N1CCC(C(=O)NCCC2C(Nc3nccc(N4CCCCCC4)n3)CCCN2C2CCCCC2)CC1. The Morgan fingerprint density at radius 1 is 0.900 bits per heavy atom. The molecule has 2 unspecified atom stereocenters. The number of amides is 1. The van der Waals surface area contributed by atoms with Crippen LogP contribution in [0.2, 0.25) is 0 Å². The fraction of sp³-hybridized carbons (Fsp3) is 0.844. The van der Waals surface area contributed by atoms with E-state index in [1.807, 2.05) is 6.20 Å². The van der Waals surface area contributed by atoms with Crippen LogP contribution in [0.5, 0.6) is 0 Å². The summed E-state index contributed by atoms with van der Waals surface area (Å²) in [6, 6.07) is 4.01. The van der Waals surface area contributed by atoms with Crippen LogP contribution in [0.15, 0.2) is 12.3 Å². The predicted octanol–water partition coefficient (Wildman–Crippen LogP) is 5.06. The van der Waals surface area contributed by atoms with Crippen LogP contribution < -0.4 is 15.5 Å². The Hall–Kier alpha value is -1.93. The van der Waals surface area contributed by atoms with Crippen LogP contribution in [0.3, 0.4) is 0 Å². The van der Waals surface area contributed by atoms with Crippen LogP contribution in [0.1, 0.15) is 104 Å². The predicted molar refractivity (Wildman–Crippen MR) is 164 cm³/mol. The van der Waals surface area contributed by atoms with E-state index in [9.17, 15) is 4.79 Å². The van der Waals surface area contributed by atoms with Gasteiger partial charge in [-0.1, -0.05) is 32.1 Å². The van der Waals surface area contributed by atoms with Crippen molar-refractivity contribution in [1.29, 1.82) is 0 Å². The monoisotopic (exact) mass is 553 g/mol. The van der Waals surface area contributed by atoms with Gasteiger partial charge in [0, 0.05) is 55.9 Å². The summed E-state index contributed by atoms with van der Waals surface area (Å²) in [5.74, 6) is 2.26. The van der Waals surface area contributed by atoms with Crippen molar-refractivity contribution in [2.75, 3.05) is 49.5 Å². The van der Waals surface area contributed by atoms with E-state index in [1.54, 1.807) is 0 Å². The zero-order valence-electron chi connectivity index (χ0n) is 25.3. The van der Waals surface area contributed by atoms with E-state index in [1.165, 1.54) is 70.8 Å². The molecule has 1 saturated carbocycles. The van der Waals surface area contributed by atoms with E-state index < -0.39 is 0 Å². The van der Waals surface area contributed by atoms with Crippen molar-refractivity contribution in [3.63, 3.8) is 0 Å². The number of carbonyl (C=O) groups excluding carboxylic acids is 1. The third-order valence-corrected chi connectivity index (χ3v) is 10.1. The molecule has 0 aromatic carbocycles. The zero-order valence-corrected chi connectivity index (χ0v) is 25.3. The Balaban J connectivity index is 1.22. The Kier molecular flexibility index (Phi) is 10.9. The molecule has 1 amide bonds. The molecule has 0 radical (unpaired) electrons. The molecule has 5 rings (SSSR count). The van der Waals surface area contributed by atoms with Gasteiger partial charge >= 0.3 is 0 Å². The van der Waals surface area contributed by atoms with Gasteiger partial charge in [0.2, 0.25) is 11.9 Å². The molecular weight excluding hydrogens is 498 g/mol. The van der Waals surface area contributed by atoms with Gasteiger partial charge in [0.15, 0.2) is 0 Å². The third-order valence-electron chi connectivity index (χ3n) is 10.1. The molecule has 4 aliphatic rings. The lowest BCUT2D eigenvalue weighted by atomic mass is 9.87. The average molecular weight is 554 g/mol. The van der Waals surface area contributed by atoms with Gasteiger partial charge in [0.1, 0.15) is 5.82 Å². The number of piperidine rings is 2. The molecule has 40 heavy (non-hydrogen) atoms. The van der Waals surface area contributed by atoms with Crippen molar-refractivity contribution in [1.82, 2.24) is 25.1 Å². The Morgan fingerprint density at radius 3 is 2.35 bits per heavy atom. The van der Waals surface area contributed by atoms with Gasteiger partial charge in [0.25, 0.3) is 0 Å². The number of carbonyl (C=O) groups is 1. The van der Waals surface area contributed by atoms with Crippen molar-refractivity contribution >= 4 is 17.7 Å². The van der Waals surface area contributed by atoms with Crippen molar-refractivity contribution in [2.24, 2.45) is 5.92 Å². The minimum absolute atomic E-state index is 0.167. The molecule has 3 aliphatic heterocycles. The number of nitrogens with zero attached hydrogens (tertiary/aromatic N) is 5. The van der Waals surface area contributed by atoms with E-state index >= 15 is 0 Å². The highest BCUT2D eigenvalue weighted by molar-refractivity contribution is 5.78. The lowest BCUT2D eigenvalue weighted by molar-refractivity contribution is -0.126. The number of anilines is 2. The molecular formula is C32H55N7O. The molecule has 8 nitrogen and oxygen atoms in total. The summed E-state index contributed by atoms with van der Waals surface area (Å²) in [4.78, 5) is 30.5. The molecule has 4 fully saturated rings. The minimum Gasteiger partial charge on any atom is -0.356 e. The summed E-state index contributed by atoms with van der Waals surface area (Å²) < 4.78 is 0. The maximum atomic E-state index is 13.1. The van der Waals surface area contributed by atoms with Gasteiger partial charge in [-0.05, 0) is 97.3 Å². The second-order valence-corrected chi connectivity index (χ2v) is 13.1. The van der Waals surface area contributed by atoms with E-state index in [2.05, 4.69) is 50.2 Å². The second-order valence-electron chi connectivity index (χ2n) is 13.1. The van der Waals surface area contributed by atoms with Crippen molar-refractivity contribution in [3.05, 3.63) is 12.3 Å². The van der Waals surface area contributed by atoms with Gasteiger partial charge in [-0.15, -0.1) is 0 Å². The fourth-order valence-electron chi connectivity index (χ4n) is 7.71. The van der Waals surface area contributed by atoms with Gasteiger partial charge in [-0.3, -0.25) is 9.69 Å². The molecule has 2 N–H and O–H groups in total. The normalized spacial score (nSPS) is 26.5. The Bertz CT molecular complexity index is 904. The average Bonchev–Trinajstić information content (AvgIpc) is 3.28. The fourth-order valence-corrected chi connectivity index (χ4v) is 7.71. The smallest absolute Gasteiger partial charge is 0.224 e. The Labute approximate surface area is 243 Å². The van der Waals surface area contributed by atoms with E-state index in [-0.39, 0.29) is 11.8 Å². The number of nitrogens with one attached hydrogen (secondary N) is 2. The van der Waals surface area contributed by atoms with Gasteiger partial charge in [-0.25, -0.2) is 4.98 Å². The maximum absolute atomic E-state index is 13.1. The number of hydrogen-bond donors (Lipinski definition) is 2. The third kappa shape index (κ3) is 7.87. The van der Waals surface area contributed by atoms with Crippen LogP contribution in [-0.2, 0) is 4.79 Å². The molecule has 0 spiro atoms. The minimum atomic E-state index is 0.167. The number of likely N-dealkylation sites (tertiary alicyclic amines) is 2. The van der Waals surface area contributed by atoms with Crippen LogP contribution in [-0.4, -0.2) is 89.1 Å². The summed E-state index contributed by atoms with van der Waals surface area (Å²) >= 11 is 0. The highest BCUT2D eigenvalue weighted by atomic mass is 16.1. The largest absolute Gasteiger partial charge is 0.356 e. The summed E-state index contributed by atoms with van der Waals surface area (Å²) in [7, 11) is 0. The maximum Gasteiger partial charge on any atom is 0.224 e. The van der Waals surface area contributed by atoms with Crippen LogP contribution >= 0.6 is 0 Å². The number of hydrogen-bond acceptors (Lipinski definition) is 7. The number of aromatic nitrogens is 2.